The molecule has 1 aromatic heterocycles. The van der Waals surface area contributed by atoms with Crippen molar-refractivity contribution >= 4 is 43.5 Å². The van der Waals surface area contributed by atoms with E-state index in [9.17, 15) is 9.18 Å². The molecule has 0 atom stereocenters. The highest BCUT2D eigenvalue weighted by Crippen LogP contribution is 2.24. The van der Waals surface area contributed by atoms with E-state index in [0.717, 1.165) is 4.47 Å². The number of hydrogen-bond donors (Lipinski definition) is 1. The number of halogens is 3. The molecule has 0 fully saturated rings. The molecule has 0 bridgehead atoms. The largest absolute Gasteiger partial charge is 0.322 e. The Bertz CT molecular complexity index is 647. The summed E-state index contributed by atoms with van der Waals surface area (Å²) in [5.41, 5.74) is 1.63. The average molecular weight is 388 g/mol. The van der Waals surface area contributed by atoms with Crippen molar-refractivity contribution in [2.75, 3.05) is 5.32 Å². The average Bonchev–Trinajstić information content (AvgIpc) is 2.36. The molecule has 2 rings (SSSR count). The van der Waals surface area contributed by atoms with E-state index in [1.54, 1.807) is 19.2 Å². The van der Waals surface area contributed by atoms with Crippen molar-refractivity contribution in [1.82, 2.24) is 4.98 Å². The van der Waals surface area contributed by atoms with E-state index in [2.05, 4.69) is 42.2 Å². The Kier molecular flexibility index (Phi) is 4.31. The lowest BCUT2D eigenvalue weighted by atomic mass is 10.2. The number of carbonyl (C=O) groups excluding carboxylic acids is 1. The van der Waals surface area contributed by atoms with Gasteiger partial charge in [-0.15, -0.1) is 0 Å². The normalized spacial score (nSPS) is 10.3. The maximum atomic E-state index is 13.3. The number of amides is 1. The van der Waals surface area contributed by atoms with Crippen molar-refractivity contribution in [3.8, 4) is 0 Å². The van der Waals surface area contributed by atoms with Gasteiger partial charge in [-0.3, -0.25) is 9.78 Å². The van der Waals surface area contributed by atoms with Gasteiger partial charge in [-0.2, -0.15) is 0 Å². The van der Waals surface area contributed by atoms with Gasteiger partial charge in [-0.1, -0.05) is 0 Å². The van der Waals surface area contributed by atoms with Crippen LogP contribution in [0.5, 0.6) is 0 Å². The first-order chi connectivity index (χ1) is 8.97. The minimum atomic E-state index is -0.361. The number of nitrogens with zero attached hydrogens (tertiary/aromatic N) is 1. The number of nitrogens with one attached hydrogen (secondary N) is 1. The minimum absolute atomic E-state index is 0.296. The predicted molar refractivity (Wildman–Crippen MR) is 78.7 cm³/mol. The Hall–Kier alpha value is -1.27. The van der Waals surface area contributed by atoms with Crippen LogP contribution >= 0.6 is 31.9 Å². The third kappa shape index (κ3) is 3.39. The summed E-state index contributed by atoms with van der Waals surface area (Å²) in [5.74, 6) is -0.657. The van der Waals surface area contributed by atoms with Crippen LogP contribution in [0.15, 0.2) is 39.5 Å². The van der Waals surface area contributed by atoms with Crippen LogP contribution in [0.4, 0.5) is 10.1 Å². The van der Waals surface area contributed by atoms with E-state index in [4.69, 9.17) is 0 Å². The number of benzene rings is 1. The second kappa shape index (κ2) is 5.79. The molecule has 0 spiro atoms. The van der Waals surface area contributed by atoms with Crippen LogP contribution in [0.1, 0.15) is 15.9 Å². The summed E-state index contributed by atoms with van der Waals surface area (Å²) in [6.45, 7) is 1.73. The summed E-state index contributed by atoms with van der Waals surface area (Å²) in [5, 5.41) is 2.73. The first-order valence-corrected chi connectivity index (χ1v) is 6.93. The standard InChI is InChI=1S/C13H9Br2FN2O/c1-7-2-11(16)10(15)4-12(7)18-13(19)8-3-9(14)6-17-5-8/h2-6H,1H3,(H,18,19). The van der Waals surface area contributed by atoms with Crippen molar-refractivity contribution in [3.63, 3.8) is 0 Å². The van der Waals surface area contributed by atoms with Gasteiger partial charge in [-0.25, -0.2) is 4.39 Å². The molecule has 0 radical (unpaired) electrons. The number of rotatable bonds is 2. The van der Waals surface area contributed by atoms with Crippen LogP contribution in [0.3, 0.4) is 0 Å². The highest BCUT2D eigenvalue weighted by molar-refractivity contribution is 9.10. The lowest BCUT2D eigenvalue weighted by molar-refractivity contribution is 0.102. The van der Waals surface area contributed by atoms with Gasteiger partial charge in [0.05, 0.1) is 10.0 Å². The number of anilines is 1. The van der Waals surface area contributed by atoms with E-state index < -0.39 is 0 Å². The van der Waals surface area contributed by atoms with Gasteiger partial charge >= 0.3 is 0 Å². The number of aromatic nitrogens is 1. The van der Waals surface area contributed by atoms with Gasteiger partial charge in [0.1, 0.15) is 5.82 Å². The first kappa shape index (κ1) is 14.1. The minimum Gasteiger partial charge on any atom is -0.322 e. The Morgan fingerprint density at radius 2 is 2.00 bits per heavy atom. The summed E-state index contributed by atoms with van der Waals surface area (Å²) in [7, 11) is 0. The Labute approximate surface area is 126 Å². The lowest BCUT2D eigenvalue weighted by Gasteiger charge is -2.09. The molecule has 2 aromatic rings. The molecule has 0 saturated carbocycles. The second-order valence-corrected chi connectivity index (χ2v) is 5.70. The number of hydrogen-bond acceptors (Lipinski definition) is 2. The molecule has 19 heavy (non-hydrogen) atoms. The van der Waals surface area contributed by atoms with Crippen LogP contribution < -0.4 is 5.32 Å². The van der Waals surface area contributed by atoms with Crippen molar-refractivity contribution in [2.45, 2.75) is 6.92 Å². The van der Waals surface area contributed by atoms with E-state index in [1.807, 2.05) is 0 Å². The van der Waals surface area contributed by atoms with Crippen LogP contribution in [-0.2, 0) is 0 Å². The van der Waals surface area contributed by atoms with Crippen molar-refractivity contribution in [3.05, 3.63) is 56.5 Å². The van der Waals surface area contributed by atoms with Crippen LogP contribution in [-0.4, -0.2) is 10.9 Å². The van der Waals surface area contributed by atoms with E-state index in [-0.39, 0.29) is 11.7 Å². The molecule has 0 aliphatic carbocycles. The summed E-state index contributed by atoms with van der Waals surface area (Å²) in [6, 6.07) is 4.56. The van der Waals surface area contributed by atoms with E-state index in [0.29, 0.717) is 21.3 Å². The summed E-state index contributed by atoms with van der Waals surface area (Å²) < 4.78 is 14.3. The van der Waals surface area contributed by atoms with Crippen LogP contribution in [0.25, 0.3) is 0 Å². The Morgan fingerprint density at radius 1 is 1.26 bits per heavy atom. The maximum Gasteiger partial charge on any atom is 0.257 e. The quantitative estimate of drug-likeness (QED) is 0.834. The number of carbonyl (C=O) groups is 1. The highest BCUT2D eigenvalue weighted by atomic mass is 79.9. The molecular weight excluding hydrogens is 379 g/mol. The topological polar surface area (TPSA) is 42.0 Å². The number of aryl methyl sites for hydroxylation is 1. The first-order valence-electron chi connectivity index (χ1n) is 5.35. The summed E-state index contributed by atoms with van der Waals surface area (Å²) in [6.07, 6.45) is 3.06. The maximum absolute atomic E-state index is 13.3. The van der Waals surface area contributed by atoms with Crippen LogP contribution in [0, 0.1) is 12.7 Å². The molecule has 6 heteroatoms. The van der Waals surface area contributed by atoms with Gasteiger partial charge in [0.15, 0.2) is 0 Å². The van der Waals surface area contributed by atoms with Gasteiger partial charge in [0.2, 0.25) is 0 Å². The molecule has 1 amide bonds. The molecule has 1 aromatic carbocycles. The van der Waals surface area contributed by atoms with E-state index >= 15 is 0 Å². The predicted octanol–water partition coefficient (Wildman–Crippen LogP) is 4.31. The van der Waals surface area contributed by atoms with Gasteiger partial charge in [0.25, 0.3) is 5.91 Å². The highest BCUT2D eigenvalue weighted by Gasteiger charge is 2.11. The number of pyridine rings is 1. The van der Waals surface area contributed by atoms with Gasteiger partial charge < -0.3 is 5.32 Å². The summed E-state index contributed by atoms with van der Waals surface area (Å²) >= 11 is 6.34. The Morgan fingerprint density at radius 3 is 2.68 bits per heavy atom. The van der Waals surface area contributed by atoms with Crippen LogP contribution in [0.2, 0.25) is 0 Å². The molecule has 0 saturated heterocycles. The van der Waals surface area contributed by atoms with Gasteiger partial charge in [0, 0.05) is 22.6 Å². The lowest BCUT2D eigenvalue weighted by Crippen LogP contribution is -2.13. The molecule has 0 aliphatic heterocycles. The zero-order valence-corrected chi connectivity index (χ0v) is 13.0. The third-order valence-corrected chi connectivity index (χ3v) is 3.52. The Balaban J connectivity index is 2.27. The molecule has 98 valence electrons. The fourth-order valence-electron chi connectivity index (χ4n) is 1.51. The summed E-state index contributed by atoms with van der Waals surface area (Å²) in [4.78, 5) is 16.0. The zero-order valence-electron chi connectivity index (χ0n) is 9.88. The van der Waals surface area contributed by atoms with Crippen molar-refractivity contribution < 1.29 is 9.18 Å². The van der Waals surface area contributed by atoms with Gasteiger partial charge in [-0.05, 0) is 62.5 Å². The molecular formula is C13H9Br2FN2O. The fraction of sp³-hybridized carbons (Fsp3) is 0.0769. The zero-order chi connectivity index (χ0) is 14.0. The molecule has 1 heterocycles. The fourth-order valence-corrected chi connectivity index (χ4v) is 2.22. The molecule has 0 unspecified atom stereocenters. The van der Waals surface area contributed by atoms with E-state index in [1.165, 1.54) is 18.3 Å². The third-order valence-electron chi connectivity index (χ3n) is 2.48. The van der Waals surface area contributed by atoms with Crippen molar-refractivity contribution in [1.29, 1.82) is 0 Å². The van der Waals surface area contributed by atoms with Crippen molar-refractivity contribution in [2.24, 2.45) is 0 Å². The second-order valence-electron chi connectivity index (χ2n) is 3.93. The smallest absolute Gasteiger partial charge is 0.257 e. The molecule has 3 nitrogen and oxygen atoms in total. The molecule has 0 aliphatic rings. The monoisotopic (exact) mass is 386 g/mol. The molecule has 1 N–H and O–H groups in total. The SMILES string of the molecule is Cc1cc(F)c(Br)cc1NC(=O)c1cncc(Br)c1.